The third-order valence-corrected chi connectivity index (χ3v) is 7.15. The Morgan fingerprint density at radius 3 is 2.11 bits per heavy atom. The number of unbranched alkanes of at least 4 members (excludes halogenated alkanes) is 2. The van der Waals surface area contributed by atoms with Crippen molar-refractivity contribution in [2.45, 2.75) is 39.2 Å². The molecule has 244 valence electrons. The van der Waals surface area contributed by atoms with Crippen LogP contribution in [-0.2, 0) is 22.6 Å². The van der Waals surface area contributed by atoms with Crippen molar-refractivity contribution in [2.75, 3.05) is 25.6 Å². The van der Waals surface area contributed by atoms with E-state index >= 15 is 0 Å². The van der Waals surface area contributed by atoms with Crippen molar-refractivity contribution in [2.24, 2.45) is 0 Å². The second kappa shape index (κ2) is 17.2. The van der Waals surface area contributed by atoms with Gasteiger partial charge in [-0.05, 0) is 84.3 Å². The zero-order valence-corrected chi connectivity index (χ0v) is 26.4. The number of esters is 1. The summed E-state index contributed by atoms with van der Waals surface area (Å²) >= 11 is 0. The van der Waals surface area contributed by atoms with Gasteiger partial charge in [0, 0.05) is 17.8 Å². The van der Waals surface area contributed by atoms with Gasteiger partial charge in [-0.1, -0.05) is 50.1 Å². The molecule has 0 fully saturated rings. The second-order valence-corrected chi connectivity index (χ2v) is 10.8. The summed E-state index contributed by atoms with van der Waals surface area (Å²) in [5.74, 6) is -0.827. The van der Waals surface area contributed by atoms with Crippen LogP contribution in [0.4, 0.5) is 5.69 Å². The molecule has 4 rings (SSSR count). The lowest BCUT2D eigenvalue weighted by molar-refractivity contribution is -0.137. The molecule has 2 N–H and O–H groups in total. The summed E-state index contributed by atoms with van der Waals surface area (Å²) in [6.45, 7) is 2.18. The number of carboxylic acids is 1. The van der Waals surface area contributed by atoms with E-state index in [0.29, 0.717) is 40.7 Å². The van der Waals surface area contributed by atoms with Gasteiger partial charge in [0.05, 0.1) is 25.7 Å². The molecule has 0 aliphatic rings. The predicted molar refractivity (Wildman–Crippen MR) is 177 cm³/mol. The molecule has 4 aromatic carbocycles. The van der Waals surface area contributed by atoms with Gasteiger partial charge in [0.1, 0.15) is 23.8 Å². The van der Waals surface area contributed by atoms with E-state index in [0.717, 1.165) is 24.8 Å². The Kier molecular flexibility index (Phi) is 12.5. The molecule has 10 nitrogen and oxygen atoms in total. The molecule has 10 heteroatoms. The van der Waals surface area contributed by atoms with Crippen LogP contribution in [0.3, 0.4) is 0 Å². The molecule has 0 spiro atoms. The highest BCUT2D eigenvalue weighted by Crippen LogP contribution is 2.20. The zero-order chi connectivity index (χ0) is 33.6. The second-order valence-electron chi connectivity index (χ2n) is 10.8. The predicted octanol–water partition coefficient (Wildman–Crippen LogP) is 6.39. The number of carboxylic acid groups (broad SMARTS) is 1. The normalized spacial score (nSPS) is 10.5. The van der Waals surface area contributed by atoms with E-state index in [4.69, 9.17) is 14.2 Å². The van der Waals surface area contributed by atoms with Gasteiger partial charge in [0.15, 0.2) is 0 Å². The molecular weight excluding hydrogens is 600 g/mol. The monoisotopic (exact) mass is 638 g/mol. The molecular formula is C37H38N2O8. The number of hydrogen-bond donors (Lipinski definition) is 2. The molecule has 0 aliphatic heterocycles. The van der Waals surface area contributed by atoms with Gasteiger partial charge in [-0.25, -0.2) is 4.79 Å². The Balaban J connectivity index is 1.34. The molecule has 0 saturated carbocycles. The molecule has 2 amide bonds. The van der Waals surface area contributed by atoms with E-state index in [1.54, 1.807) is 79.9 Å². The van der Waals surface area contributed by atoms with Crippen molar-refractivity contribution >= 4 is 29.4 Å². The Hall–Kier alpha value is -5.64. The maximum atomic E-state index is 13.3. The highest BCUT2D eigenvalue weighted by atomic mass is 16.5. The lowest BCUT2D eigenvalue weighted by Gasteiger charge is -2.21. The fourth-order valence-electron chi connectivity index (χ4n) is 4.68. The first kappa shape index (κ1) is 34.2. The number of nitrogens with one attached hydrogen (secondary N) is 1. The summed E-state index contributed by atoms with van der Waals surface area (Å²) in [6.07, 6.45) is 3.26. The average molecular weight is 639 g/mol. The number of ether oxygens (including phenoxy) is 3. The highest BCUT2D eigenvalue weighted by molar-refractivity contribution is 5.97. The fourth-order valence-corrected chi connectivity index (χ4v) is 4.68. The van der Waals surface area contributed by atoms with E-state index in [2.05, 4.69) is 12.2 Å². The summed E-state index contributed by atoms with van der Waals surface area (Å²) in [7, 11) is 1.57. The summed E-state index contributed by atoms with van der Waals surface area (Å²) in [5.41, 5.74) is 2.58. The standard InChI is InChI=1S/C37H38N2O8/c1-3-4-5-21-46-33-8-6-7-29(23-33)37(44)47-32-19-11-27(12-20-32)24-39(25-35(41)42)36(43)28-13-15-30(16-14-28)38-34(40)22-26-9-17-31(45-2)18-10-26/h6-20,23H,3-5,21-22,24-25H2,1-2H3,(H,38,40)(H,41,42). The Labute approximate surface area is 273 Å². The number of methoxy groups -OCH3 is 1. The minimum atomic E-state index is -1.16. The Morgan fingerprint density at radius 1 is 0.766 bits per heavy atom. The number of amides is 2. The average Bonchev–Trinajstić information content (AvgIpc) is 3.07. The van der Waals surface area contributed by atoms with Crippen LogP contribution in [0.2, 0.25) is 0 Å². The third kappa shape index (κ3) is 10.7. The minimum absolute atomic E-state index is 0.0110. The van der Waals surface area contributed by atoms with Gasteiger partial charge in [0.2, 0.25) is 5.91 Å². The summed E-state index contributed by atoms with van der Waals surface area (Å²) in [5, 5.41) is 12.3. The number of benzene rings is 4. The van der Waals surface area contributed by atoms with Crippen LogP contribution in [0.15, 0.2) is 97.1 Å². The Morgan fingerprint density at radius 2 is 1.45 bits per heavy atom. The molecule has 0 bridgehead atoms. The van der Waals surface area contributed by atoms with Gasteiger partial charge < -0.3 is 29.5 Å². The minimum Gasteiger partial charge on any atom is -0.497 e. The van der Waals surface area contributed by atoms with Gasteiger partial charge >= 0.3 is 11.9 Å². The largest absolute Gasteiger partial charge is 0.497 e. The Bertz CT molecular complexity index is 1650. The molecule has 47 heavy (non-hydrogen) atoms. The van der Waals surface area contributed by atoms with E-state index in [1.807, 2.05) is 12.1 Å². The zero-order valence-electron chi connectivity index (χ0n) is 26.4. The van der Waals surface area contributed by atoms with Crippen molar-refractivity contribution in [1.29, 1.82) is 0 Å². The summed E-state index contributed by atoms with van der Waals surface area (Å²) < 4.78 is 16.4. The van der Waals surface area contributed by atoms with Gasteiger partial charge in [-0.2, -0.15) is 0 Å². The van der Waals surface area contributed by atoms with Crippen molar-refractivity contribution in [3.63, 3.8) is 0 Å². The lowest BCUT2D eigenvalue weighted by atomic mass is 10.1. The molecule has 0 aliphatic carbocycles. The number of hydrogen-bond acceptors (Lipinski definition) is 7. The molecule has 0 aromatic heterocycles. The van der Waals surface area contributed by atoms with E-state index in [-0.39, 0.29) is 24.4 Å². The first-order valence-corrected chi connectivity index (χ1v) is 15.3. The van der Waals surface area contributed by atoms with Crippen LogP contribution in [0.25, 0.3) is 0 Å². The highest BCUT2D eigenvalue weighted by Gasteiger charge is 2.20. The van der Waals surface area contributed by atoms with Crippen LogP contribution in [-0.4, -0.2) is 54.0 Å². The first-order chi connectivity index (χ1) is 22.7. The fraction of sp³-hybridized carbons (Fsp3) is 0.243. The van der Waals surface area contributed by atoms with Crippen LogP contribution in [0.1, 0.15) is 58.0 Å². The molecule has 4 aromatic rings. The lowest BCUT2D eigenvalue weighted by Crippen LogP contribution is -2.35. The van der Waals surface area contributed by atoms with E-state index in [1.165, 1.54) is 17.0 Å². The quantitative estimate of drug-likeness (QED) is 0.0820. The van der Waals surface area contributed by atoms with Crippen molar-refractivity contribution in [3.8, 4) is 17.2 Å². The van der Waals surface area contributed by atoms with E-state index in [9.17, 15) is 24.3 Å². The maximum Gasteiger partial charge on any atom is 0.343 e. The number of rotatable bonds is 16. The topological polar surface area (TPSA) is 131 Å². The summed E-state index contributed by atoms with van der Waals surface area (Å²) in [6, 6.07) is 26.8. The maximum absolute atomic E-state index is 13.3. The molecule has 0 heterocycles. The molecule has 0 radical (unpaired) electrons. The van der Waals surface area contributed by atoms with Gasteiger partial charge in [-0.3, -0.25) is 14.4 Å². The molecule has 0 atom stereocenters. The first-order valence-electron chi connectivity index (χ1n) is 15.3. The van der Waals surface area contributed by atoms with Crippen molar-refractivity contribution in [1.82, 2.24) is 4.90 Å². The SMILES string of the molecule is CCCCCOc1cccc(C(=O)Oc2ccc(CN(CC(=O)O)C(=O)c3ccc(NC(=O)Cc4ccc(OC)cc4)cc3)cc2)c1. The van der Waals surface area contributed by atoms with Gasteiger partial charge in [0.25, 0.3) is 5.91 Å². The van der Waals surface area contributed by atoms with Crippen LogP contribution < -0.4 is 19.5 Å². The smallest absolute Gasteiger partial charge is 0.343 e. The van der Waals surface area contributed by atoms with E-state index < -0.39 is 24.4 Å². The van der Waals surface area contributed by atoms with Crippen LogP contribution in [0, 0.1) is 0 Å². The number of carbonyl (C=O) groups is 4. The number of carbonyl (C=O) groups excluding carboxylic acids is 3. The van der Waals surface area contributed by atoms with Gasteiger partial charge in [-0.15, -0.1) is 0 Å². The van der Waals surface area contributed by atoms with Crippen LogP contribution in [0.5, 0.6) is 17.2 Å². The number of aliphatic carboxylic acids is 1. The molecule has 0 unspecified atom stereocenters. The van der Waals surface area contributed by atoms with Crippen molar-refractivity contribution in [3.05, 3.63) is 119 Å². The number of anilines is 1. The summed E-state index contributed by atoms with van der Waals surface area (Å²) in [4.78, 5) is 51.3. The molecule has 0 saturated heterocycles. The van der Waals surface area contributed by atoms with Crippen molar-refractivity contribution < 1.29 is 38.5 Å². The number of nitrogens with zero attached hydrogens (tertiary/aromatic N) is 1. The third-order valence-electron chi connectivity index (χ3n) is 7.15. The van der Waals surface area contributed by atoms with Crippen LogP contribution >= 0.6 is 0 Å².